The second-order valence-electron chi connectivity index (χ2n) is 5.52. The molecule has 0 unspecified atom stereocenters. The first kappa shape index (κ1) is 12.8. The van der Waals surface area contributed by atoms with Crippen molar-refractivity contribution in [1.82, 2.24) is 0 Å². The van der Waals surface area contributed by atoms with Gasteiger partial charge < -0.3 is 0 Å². The van der Waals surface area contributed by atoms with E-state index in [0.29, 0.717) is 0 Å². The fraction of sp³-hybridized carbons (Fsp3) is 0.0526. The molecule has 0 amide bonds. The van der Waals surface area contributed by atoms with Crippen LogP contribution in [0, 0.1) is 10.1 Å². The van der Waals surface area contributed by atoms with Crippen LogP contribution in [0.3, 0.4) is 0 Å². The Bertz CT molecular complexity index is 919. The summed E-state index contributed by atoms with van der Waals surface area (Å²) in [6.07, 6.45) is 3.03. The van der Waals surface area contributed by atoms with Gasteiger partial charge in [-0.15, -0.1) is 0 Å². The van der Waals surface area contributed by atoms with E-state index < -0.39 is 0 Å². The van der Waals surface area contributed by atoms with Crippen molar-refractivity contribution in [2.45, 2.75) is 6.42 Å². The van der Waals surface area contributed by atoms with Gasteiger partial charge in [-0.2, -0.15) is 0 Å². The van der Waals surface area contributed by atoms with Gasteiger partial charge in [-0.3, -0.25) is 10.1 Å². The molecule has 0 bridgehead atoms. The molecule has 3 heteroatoms. The number of benzene rings is 3. The predicted octanol–water partition coefficient (Wildman–Crippen LogP) is 4.84. The lowest BCUT2D eigenvalue weighted by molar-refractivity contribution is -0.384. The van der Waals surface area contributed by atoms with E-state index in [-0.39, 0.29) is 10.6 Å². The Hall–Kier alpha value is -2.94. The Kier molecular flexibility index (Phi) is 2.79. The minimum Gasteiger partial charge on any atom is -0.258 e. The lowest BCUT2D eigenvalue weighted by Crippen LogP contribution is -1.87. The number of nitro benzene ring substituents is 1. The molecule has 0 fully saturated rings. The normalized spacial score (nSPS) is 14.6. The molecule has 0 radical (unpaired) electrons. The van der Waals surface area contributed by atoms with Crippen LogP contribution in [0.1, 0.15) is 16.7 Å². The average Bonchev–Trinajstić information content (AvgIpc) is 2.88. The van der Waals surface area contributed by atoms with Crippen molar-refractivity contribution in [3.63, 3.8) is 0 Å². The molecule has 106 valence electrons. The number of rotatable bonds is 2. The summed E-state index contributed by atoms with van der Waals surface area (Å²) in [7, 11) is 0. The van der Waals surface area contributed by atoms with Crippen LogP contribution in [-0.4, -0.2) is 4.92 Å². The van der Waals surface area contributed by atoms with Gasteiger partial charge in [0.25, 0.3) is 5.69 Å². The molecule has 0 heterocycles. The highest BCUT2D eigenvalue weighted by Crippen LogP contribution is 2.38. The van der Waals surface area contributed by atoms with Crippen LogP contribution in [0.5, 0.6) is 0 Å². The minimum absolute atomic E-state index is 0.124. The lowest BCUT2D eigenvalue weighted by atomic mass is 10.0. The second-order valence-corrected chi connectivity index (χ2v) is 5.52. The van der Waals surface area contributed by atoms with Gasteiger partial charge in [0.2, 0.25) is 0 Å². The number of nitro groups is 1. The van der Waals surface area contributed by atoms with E-state index in [1.807, 2.05) is 0 Å². The number of nitrogens with zero attached hydrogens (tertiary/aromatic N) is 1. The molecule has 3 nitrogen and oxygen atoms in total. The largest absolute Gasteiger partial charge is 0.269 e. The zero-order chi connectivity index (χ0) is 15.1. The van der Waals surface area contributed by atoms with Gasteiger partial charge in [-0.1, -0.05) is 42.5 Å². The van der Waals surface area contributed by atoms with Gasteiger partial charge in [0, 0.05) is 12.1 Å². The fourth-order valence-electron chi connectivity index (χ4n) is 3.16. The van der Waals surface area contributed by atoms with Crippen molar-refractivity contribution in [3.8, 4) is 0 Å². The molecule has 0 atom stereocenters. The maximum absolute atomic E-state index is 10.7. The molecule has 1 aliphatic carbocycles. The molecule has 0 saturated carbocycles. The van der Waals surface area contributed by atoms with E-state index in [4.69, 9.17) is 0 Å². The van der Waals surface area contributed by atoms with E-state index in [1.54, 1.807) is 24.3 Å². The first-order chi connectivity index (χ1) is 10.7. The predicted molar refractivity (Wildman–Crippen MR) is 88.6 cm³/mol. The Morgan fingerprint density at radius 1 is 0.955 bits per heavy atom. The summed E-state index contributed by atoms with van der Waals surface area (Å²) in [4.78, 5) is 10.4. The summed E-state index contributed by atoms with van der Waals surface area (Å²) < 4.78 is 0. The van der Waals surface area contributed by atoms with Crippen LogP contribution < -0.4 is 0 Å². The Morgan fingerprint density at radius 2 is 1.68 bits per heavy atom. The molecular formula is C19H13NO2. The third-order valence-corrected chi connectivity index (χ3v) is 4.16. The molecular weight excluding hydrogens is 274 g/mol. The second kappa shape index (κ2) is 4.81. The zero-order valence-corrected chi connectivity index (χ0v) is 11.8. The van der Waals surface area contributed by atoms with Gasteiger partial charge in [-0.25, -0.2) is 0 Å². The van der Waals surface area contributed by atoms with E-state index in [0.717, 1.165) is 12.0 Å². The van der Waals surface area contributed by atoms with Crippen LogP contribution in [0.4, 0.5) is 5.69 Å². The van der Waals surface area contributed by atoms with E-state index in [9.17, 15) is 10.1 Å². The number of hydrogen-bond acceptors (Lipinski definition) is 2. The first-order valence-corrected chi connectivity index (χ1v) is 7.18. The van der Waals surface area contributed by atoms with E-state index in [2.05, 4.69) is 42.5 Å². The molecule has 0 spiro atoms. The van der Waals surface area contributed by atoms with Crippen LogP contribution in [0.2, 0.25) is 0 Å². The summed E-state index contributed by atoms with van der Waals surface area (Å²) in [5.74, 6) is 0. The molecule has 4 rings (SSSR count). The fourth-order valence-corrected chi connectivity index (χ4v) is 3.16. The highest BCUT2D eigenvalue weighted by Gasteiger charge is 2.18. The van der Waals surface area contributed by atoms with Crippen molar-refractivity contribution in [2.75, 3.05) is 0 Å². The molecule has 0 aliphatic heterocycles. The van der Waals surface area contributed by atoms with Gasteiger partial charge in [0.15, 0.2) is 0 Å². The summed E-state index contributed by atoms with van der Waals surface area (Å²) in [5.41, 5.74) is 5.00. The van der Waals surface area contributed by atoms with Gasteiger partial charge in [-0.05, 0) is 51.6 Å². The van der Waals surface area contributed by atoms with Crippen LogP contribution in [-0.2, 0) is 6.42 Å². The maximum Gasteiger partial charge on any atom is 0.269 e. The van der Waals surface area contributed by atoms with Crippen LogP contribution in [0.15, 0.2) is 60.7 Å². The standard InChI is InChI=1S/C19H13NO2/c21-20(22)17-9-7-13(8-10-17)11-16-12-15-5-1-3-14-4-2-6-18(16)19(14)15/h1-11H,12H2/b16-11-. The maximum atomic E-state index is 10.7. The van der Waals surface area contributed by atoms with Crippen molar-refractivity contribution in [3.05, 3.63) is 87.5 Å². The molecule has 0 saturated heterocycles. The topological polar surface area (TPSA) is 43.1 Å². The van der Waals surface area contributed by atoms with Crippen molar-refractivity contribution >= 4 is 28.1 Å². The Morgan fingerprint density at radius 3 is 2.41 bits per heavy atom. The third-order valence-electron chi connectivity index (χ3n) is 4.16. The van der Waals surface area contributed by atoms with Gasteiger partial charge >= 0.3 is 0 Å². The molecule has 22 heavy (non-hydrogen) atoms. The SMILES string of the molecule is O=[N+]([O-])c1ccc(/C=C2/Cc3cccc4cccc2c34)cc1. The summed E-state index contributed by atoms with van der Waals surface area (Å²) in [5, 5.41) is 13.3. The first-order valence-electron chi connectivity index (χ1n) is 7.18. The quantitative estimate of drug-likeness (QED) is 0.499. The molecule has 0 aromatic heterocycles. The smallest absolute Gasteiger partial charge is 0.258 e. The number of allylic oxidation sites excluding steroid dienone is 1. The van der Waals surface area contributed by atoms with Gasteiger partial charge in [0.1, 0.15) is 0 Å². The van der Waals surface area contributed by atoms with E-state index in [1.165, 1.54) is 27.5 Å². The zero-order valence-electron chi connectivity index (χ0n) is 11.8. The average molecular weight is 287 g/mol. The van der Waals surface area contributed by atoms with Crippen molar-refractivity contribution in [2.24, 2.45) is 0 Å². The number of hydrogen-bond donors (Lipinski definition) is 0. The van der Waals surface area contributed by atoms with Crippen LogP contribution >= 0.6 is 0 Å². The Balaban J connectivity index is 1.79. The molecule has 3 aromatic rings. The molecule has 1 aliphatic rings. The van der Waals surface area contributed by atoms with Gasteiger partial charge in [0.05, 0.1) is 4.92 Å². The monoisotopic (exact) mass is 287 g/mol. The van der Waals surface area contributed by atoms with Crippen molar-refractivity contribution < 1.29 is 4.92 Å². The molecule has 3 aromatic carbocycles. The summed E-state index contributed by atoms with van der Waals surface area (Å²) in [6, 6.07) is 19.5. The van der Waals surface area contributed by atoms with Crippen LogP contribution in [0.25, 0.3) is 22.4 Å². The highest BCUT2D eigenvalue weighted by molar-refractivity contribution is 6.04. The number of non-ortho nitro benzene ring substituents is 1. The van der Waals surface area contributed by atoms with E-state index >= 15 is 0 Å². The highest BCUT2D eigenvalue weighted by atomic mass is 16.6. The summed E-state index contributed by atoms with van der Waals surface area (Å²) >= 11 is 0. The Labute approximate surface area is 127 Å². The summed E-state index contributed by atoms with van der Waals surface area (Å²) in [6.45, 7) is 0. The molecule has 0 N–H and O–H groups in total. The minimum atomic E-state index is -0.372. The third kappa shape index (κ3) is 1.99. The lowest BCUT2D eigenvalue weighted by Gasteiger charge is -2.02. The van der Waals surface area contributed by atoms with Crippen molar-refractivity contribution in [1.29, 1.82) is 0 Å².